The van der Waals surface area contributed by atoms with E-state index in [2.05, 4.69) is 24.4 Å². The van der Waals surface area contributed by atoms with E-state index in [-0.39, 0.29) is 21.9 Å². The van der Waals surface area contributed by atoms with Gasteiger partial charge in [0.05, 0.1) is 33.3 Å². The zero-order valence-electron chi connectivity index (χ0n) is 13.6. The molecule has 0 radical (unpaired) electrons. The van der Waals surface area contributed by atoms with E-state index in [1.54, 1.807) is 12.3 Å². The zero-order chi connectivity index (χ0) is 19.4. The number of nitrogens with zero attached hydrogens (tertiary/aromatic N) is 2. The molecule has 1 aliphatic heterocycles. The maximum Gasteiger partial charge on any atom is 0.507 e. The second-order valence-electron chi connectivity index (χ2n) is 5.85. The minimum atomic E-state index is -4.81. The summed E-state index contributed by atoms with van der Waals surface area (Å²) >= 11 is 0. The van der Waals surface area contributed by atoms with E-state index < -0.39 is 34.5 Å². The van der Waals surface area contributed by atoms with Crippen LogP contribution in [0.15, 0.2) is 35.6 Å². The van der Waals surface area contributed by atoms with Crippen LogP contribution in [0.3, 0.4) is 0 Å². The lowest BCUT2D eigenvalue weighted by molar-refractivity contribution is -0.391. The molecule has 0 fully saturated rings. The summed E-state index contributed by atoms with van der Waals surface area (Å²) in [7, 11) is -1.62. The average Bonchev–Trinajstić information content (AvgIpc) is 2.98. The van der Waals surface area contributed by atoms with Crippen molar-refractivity contribution >= 4 is 21.8 Å². The molecule has 27 heavy (non-hydrogen) atoms. The molecule has 142 valence electrons. The molecule has 0 saturated heterocycles. The van der Waals surface area contributed by atoms with E-state index in [0.29, 0.717) is 5.69 Å². The van der Waals surface area contributed by atoms with Gasteiger partial charge in [-0.15, -0.1) is 0 Å². The number of aryl methyl sites for hydroxylation is 1. The standard InChI is InChI=1S/C16H11F4N3O3S/c1-8-3-2-4-21-11(8)7-27(24)14-22-9-5-12-13(6-10(9)23-14)26-16(19,20)15(17,18)25-12/h2-6H,7H2,1H3,(H,22,23). The quantitative estimate of drug-likeness (QED) is 0.680. The summed E-state index contributed by atoms with van der Waals surface area (Å²) in [6, 6.07) is 5.64. The highest BCUT2D eigenvalue weighted by atomic mass is 32.2. The van der Waals surface area contributed by atoms with Crippen LogP contribution in [0.1, 0.15) is 11.3 Å². The van der Waals surface area contributed by atoms with Gasteiger partial charge in [0.25, 0.3) is 0 Å². The molecule has 3 heterocycles. The molecule has 1 unspecified atom stereocenters. The number of hydrogen-bond donors (Lipinski definition) is 1. The predicted octanol–water partition coefficient (Wildman–Crippen LogP) is 3.53. The molecule has 1 aromatic carbocycles. The Hall–Kier alpha value is -2.69. The summed E-state index contributed by atoms with van der Waals surface area (Å²) in [5, 5.41) is 0.0518. The number of aromatic nitrogens is 3. The molecule has 6 nitrogen and oxygen atoms in total. The molecule has 2 aromatic heterocycles. The fourth-order valence-corrected chi connectivity index (χ4v) is 3.63. The molecule has 1 atom stereocenters. The van der Waals surface area contributed by atoms with E-state index in [0.717, 1.165) is 17.7 Å². The Labute approximate surface area is 152 Å². The number of imidazole rings is 1. The number of pyridine rings is 1. The summed E-state index contributed by atoms with van der Waals surface area (Å²) < 4.78 is 73.9. The van der Waals surface area contributed by atoms with Crippen LogP contribution in [0.5, 0.6) is 11.5 Å². The molecule has 0 spiro atoms. The van der Waals surface area contributed by atoms with E-state index in [9.17, 15) is 21.8 Å². The number of H-pyrrole nitrogens is 1. The smallest absolute Gasteiger partial charge is 0.421 e. The van der Waals surface area contributed by atoms with Gasteiger partial charge in [0, 0.05) is 18.3 Å². The van der Waals surface area contributed by atoms with Gasteiger partial charge in [0.1, 0.15) is 0 Å². The van der Waals surface area contributed by atoms with Crippen molar-refractivity contribution in [3.63, 3.8) is 0 Å². The van der Waals surface area contributed by atoms with Crippen LogP contribution >= 0.6 is 0 Å². The van der Waals surface area contributed by atoms with Gasteiger partial charge in [-0.1, -0.05) is 6.07 Å². The lowest BCUT2D eigenvalue weighted by Gasteiger charge is -2.31. The number of nitrogens with one attached hydrogen (secondary N) is 1. The van der Waals surface area contributed by atoms with Crippen LogP contribution in [0.25, 0.3) is 11.0 Å². The van der Waals surface area contributed by atoms with Crippen molar-refractivity contribution < 1.29 is 31.2 Å². The SMILES string of the molecule is Cc1cccnc1CS(=O)c1nc2cc3c(cc2[nH]1)OC(F)(F)C(F)(F)O3. The number of aromatic amines is 1. The van der Waals surface area contributed by atoms with E-state index in [4.69, 9.17) is 0 Å². The van der Waals surface area contributed by atoms with Gasteiger partial charge >= 0.3 is 12.2 Å². The number of benzene rings is 1. The molecule has 3 aromatic rings. The van der Waals surface area contributed by atoms with Gasteiger partial charge in [-0.2, -0.15) is 17.6 Å². The number of ether oxygens (including phenoxy) is 2. The fraction of sp³-hybridized carbons (Fsp3) is 0.250. The summed E-state index contributed by atoms with van der Waals surface area (Å²) in [5.74, 6) is -1.07. The predicted molar refractivity (Wildman–Crippen MR) is 86.3 cm³/mol. The number of rotatable bonds is 3. The highest BCUT2D eigenvalue weighted by Gasteiger charge is 2.66. The third-order valence-electron chi connectivity index (χ3n) is 3.94. The Kier molecular flexibility index (Phi) is 3.88. The van der Waals surface area contributed by atoms with Crippen LogP contribution in [-0.4, -0.2) is 31.4 Å². The van der Waals surface area contributed by atoms with Crippen LogP contribution in [0.2, 0.25) is 0 Å². The van der Waals surface area contributed by atoms with Crippen LogP contribution in [0.4, 0.5) is 17.6 Å². The summed E-state index contributed by atoms with van der Waals surface area (Å²) in [4.78, 5) is 11.0. The molecular weight excluding hydrogens is 390 g/mol. The van der Waals surface area contributed by atoms with Gasteiger partial charge in [0.15, 0.2) is 16.7 Å². The molecular formula is C16H11F4N3O3S. The molecule has 0 amide bonds. The summed E-state index contributed by atoms with van der Waals surface area (Å²) in [6.45, 7) is 1.82. The first kappa shape index (κ1) is 17.7. The van der Waals surface area contributed by atoms with Crippen LogP contribution in [-0.2, 0) is 16.6 Å². The topological polar surface area (TPSA) is 77.1 Å². The molecule has 0 saturated carbocycles. The molecule has 4 rings (SSSR count). The molecule has 11 heteroatoms. The number of fused-ring (bicyclic) bond motifs is 2. The molecule has 0 bridgehead atoms. The average molecular weight is 401 g/mol. The van der Waals surface area contributed by atoms with E-state index in [1.165, 1.54) is 0 Å². The van der Waals surface area contributed by atoms with Gasteiger partial charge < -0.3 is 14.5 Å². The zero-order valence-corrected chi connectivity index (χ0v) is 14.4. The van der Waals surface area contributed by atoms with E-state index in [1.807, 2.05) is 13.0 Å². The van der Waals surface area contributed by atoms with Crippen molar-refractivity contribution in [2.24, 2.45) is 0 Å². The van der Waals surface area contributed by atoms with Crippen molar-refractivity contribution in [1.29, 1.82) is 0 Å². The Morgan fingerprint density at radius 3 is 2.48 bits per heavy atom. The van der Waals surface area contributed by atoms with Crippen molar-refractivity contribution in [2.75, 3.05) is 0 Å². The van der Waals surface area contributed by atoms with E-state index >= 15 is 0 Å². The second-order valence-corrected chi connectivity index (χ2v) is 7.22. The number of hydrogen-bond acceptors (Lipinski definition) is 5. The largest absolute Gasteiger partial charge is 0.507 e. The minimum Gasteiger partial charge on any atom is -0.421 e. The number of halogens is 4. The van der Waals surface area contributed by atoms with Gasteiger partial charge in [-0.25, -0.2) is 4.98 Å². The first-order valence-corrected chi connectivity index (χ1v) is 8.94. The first-order valence-electron chi connectivity index (χ1n) is 7.62. The highest BCUT2D eigenvalue weighted by molar-refractivity contribution is 7.84. The van der Waals surface area contributed by atoms with Gasteiger partial charge in [-0.3, -0.25) is 9.19 Å². The highest BCUT2D eigenvalue weighted by Crippen LogP contribution is 2.47. The molecule has 1 N–H and O–H groups in total. The normalized spacial score (nSPS) is 18.4. The lowest BCUT2D eigenvalue weighted by atomic mass is 10.2. The van der Waals surface area contributed by atoms with Gasteiger partial charge in [-0.05, 0) is 18.6 Å². The minimum absolute atomic E-state index is 0.0518. The van der Waals surface area contributed by atoms with Crippen molar-refractivity contribution in [3.8, 4) is 11.5 Å². The van der Waals surface area contributed by atoms with Gasteiger partial charge in [0.2, 0.25) is 0 Å². The Morgan fingerprint density at radius 1 is 1.15 bits per heavy atom. The Balaban J connectivity index is 1.68. The summed E-state index contributed by atoms with van der Waals surface area (Å²) in [6.07, 6.45) is -8.05. The summed E-state index contributed by atoms with van der Waals surface area (Å²) in [5.41, 5.74) is 1.78. The third-order valence-corrected chi connectivity index (χ3v) is 5.10. The lowest BCUT2D eigenvalue weighted by Crippen LogP contribution is -2.52. The number of alkyl halides is 4. The second kappa shape index (κ2) is 5.91. The maximum absolute atomic E-state index is 13.3. The van der Waals surface area contributed by atoms with Crippen molar-refractivity contribution in [3.05, 3.63) is 41.7 Å². The van der Waals surface area contributed by atoms with Crippen molar-refractivity contribution in [1.82, 2.24) is 15.0 Å². The first-order chi connectivity index (χ1) is 12.7. The fourth-order valence-electron chi connectivity index (χ4n) is 2.52. The molecule has 0 aliphatic carbocycles. The Bertz CT molecular complexity index is 1020. The molecule has 1 aliphatic rings. The van der Waals surface area contributed by atoms with Crippen LogP contribution in [0, 0.1) is 6.92 Å². The maximum atomic E-state index is 13.3. The third kappa shape index (κ3) is 3.01. The van der Waals surface area contributed by atoms with Crippen LogP contribution < -0.4 is 9.47 Å². The monoisotopic (exact) mass is 401 g/mol. The van der Waals surface area contributed by atoms with Crippen molar-refractivity contribution in [2.45, 2.75) is 30.1 Å². The Morgan fingerprint density at radius 2 is 1.81 bits per heavy atom.